The van der Waals surface area contributed by atoms with E-state index in [1.165, 1.54) is 25.8 Å². The van der Waals surface area contributed by atoms with Crippen LogP contribution in [0.15, 0.2) is 42.6 Å². The molecule has 0 atom stereocenters. The first-order valence-corrected chi connectivity index (χ1v) is 11.7. The number of nitrogens with one attached hydrogen (secondary N) is 3. The maximum absolute atomic E-state index is 14.8. The number of carbonyl (C=O) groups is 2. The number of pyridine rings is 1. The molecule has 3 aromatic rings. The summed E-state index contributed by atoms with van der Waals surface area (Å²) in [6.45, 7) is 8.39. The minimum absolute atomic E-state index is 0.0872. The molecule has 0 saturated heterocycles. The Kier molecular flexibility index (Phi) is 6.86. The first-order chi connectivity index (χ1) is 16.6. The number of benzene rings is 1. The van der Waals surface area contributed by atoms with E-state index >= 15 is 0 Å². The van der Waals surface area contributed by atoms with E-state index in [4.69, 9.17) is 0 Å². The monoisotopic (exact) mass is 478 g/mol. The second-order valence-corrected chi connectivity index (χ2v) is 10.1. The second kappa shape index (κ2) is 9.85. The Morgan fingerprint density at radius 2 is 1.80 bits per heavy atom. The van der Waals surface area contributed by atoms with Crippen molar-refractivity contribution in [3.8, 4) is 0 Å². The molecule has 0 aliphatic heterocycles. The molecule has 4 rings (SSSR count). The highest BCUT2D eigenvalue weighted by molar-refractivity contribution is 5.99. The van der Waals surface area contributed by atoms with Crippen LogP contribution < -0.4 is 16.0 Å². The van der Waals surface area contributed by atoms with Gasteiger partial charge in [0.2, 0.25) is 5.91 Å². The van der Waals surface area contributed by atoms with E-state index in [0.29, 0.717) is 24.0 Å². The van der Waals surface area contributed by atoms with Gasteiger partial charge in [0, 0.05) is 31.1 Å². The van der Waals surface area contributed by atoms with Crippen LogP contribution >= 0.6 is 0 Å². The molecule has 3 N–H and O–H groups in total. The summed E-state index contributed by atoms with van der Waals surface area (Å²) in [4.78, 5) is 28.0. The molecule has 0 spiro atoms. The normalized spacial score (nSPS) is 13.4. The van der Waals surface area contributed by atoms with Crippen LogP contribution in [0.2, 0.25) is 0 Å². The molecule has 35 heavy (non-hydrogen) atoms. The number of halogens is 1. The van der Waals surface area contributed by atoms with Crippen molar-refractivity contribution in [2.24, 2.45) is 5.92 Å². The number of urea groups is 1. The SMILES string of the molecule is CC(=O)Nc1cc(Cc2ccc(NC(=O)Nc3cc(C(C)(C)C)nn3CC3CC3)c(F)c2)ccn1. The van der Waals surface area contributed by atoms with Gasteiger partial charge in [-0.05, 0) is 60.6 Å². The number of carbonyl (C=O) groups excluding carboxylic acids is 2. The molecule has 3 amide bonds. The van der Waals surface area contributed by atoms with Gasteiger partial charge >= 0.3 is 6.03 Å². The van der Waals surface area contributed by atoms with Gasteiger partial charge in [-0.1, -0.05) is 26.8 Å². The fraction of sp³-hybridized carbons (Fsp3) is 0.385. The molecule has 2 aromatic heterocycles. The van der Waals surface area contributed by atoms with Crippen molar-refractivity contribution < 1.29 is 14.0 Å². The maximum Gasteiger partial charge on any atom is 0.324 e. The van der Waals surface area contributed by atoms with Crippen LogP contribution in [-0.4, -0.2) is 26.7 Å². The van der Waals surface area contributed by atoms with Gasteiger partial charge in [-0.25, -0.2) is 18.9 Å². The van der Waals surface area contributed by atoms with E-state index in [9.17, 15) is 14.0 Å². The maximum atomic E-state index is 14.8. The van der Waals surface area contributed by atoms with Gasteiger partial charge in [-0.3, -0.25) is 10.1 Å². The highest BCUT2D eigenvalue weighted by Crippen LogP contribution is 2.33. The first kappa shape index (κ1) is 24.4. The lowest BCUT2D eigenvalue weighted by molar-refractivity contribution is -0.114. The minimum Gasteiger partial charge on any atom is -0.311 e. The average Bonchev–Trinajstić information content (AvgIpc) is 3.48. The number of hydrogen-bond acceptors (Lipinski definition) is 4. The molecule has 0 radical (unpaired) electrons. The van der Waals surface area contributed by atoms with Gasteiger partial charge < -0.3 is 10.6 Å². The third kappa shape index (κ3) is 6.65. The summed E-state index contributed by atoms with van der Waals surface area (Å²) < 4.78 is 16.6. The largest absolute Gasteiger partial charge is 0.324 e. The zero-order valence-corrected chi connectivity index (χ0v) is 20.5. The Balaban J connectivity index is 1.42. The van der Waals surface area contributed by atoms with Crippen molar-refractivity contribution in [3.05, 3.63) is 65.2 Å². The van der Waals surface area contributed by atoms with Crippen LogP contribution in [0.5, 0.6) is 0 Å². The summed E-state index contributed by atoms with van der Waals surface area (Å²) in [6.07, 6.45) is 4.38. The van der Waals surface area contributed by atoms with Crippen LogP contribution in [0.1, 0.15) is 57.4 Å². The fourth-order valence-electron chi connectivity index (χ4n) is 3.68. The highest BCUT2D eigenvalue weighted by atomic mass is 19.1. The van der Waals surface area contributed by atoms with E-state index in [1.54, 1.807) is 30.5 Å². The molecule has 1 aliphatic rings. The smallest absolute Gasteiger partial charge is 0.311 e. The van der Waals surface area contributed by atoms with Gasteiger partial charge in [0.25, 0.3) is 0 Å². The molecular weight excluding hydrogens is 447 g/mol. The van der Waals surface area contributed by atoms with Gasteiger partial charge in [0.05, 0.1) is 11.4 Å². The molecule has 1 aliphatic carbocycles. The van der Waals surface area contributed by atoms with E-state index in [0.717, 1.165) is 23.4 Å². The number of amides is 3. The van der Waals surface area contributed by atoms with Gasteiger partial charge in [0.1, 0.15) is 17.5 Å². The van der Waals surface area contributed by atoms with Crippen LogP contribution in [0.25, 0.3) is 0 Å². The fourth-order valence-corrected chi connectivity index (χ4v) is 3.68. The molecule has 0 unspecified atom stereocenters. The van der Waals surface area contributed by atoms with Crippen LogP contribution in [0.4, 0.5) is 26.5 Å². The predicted molar refractivity (Wildman–Crippen MR) is 134 cm³/mol. The molecule has 1 fully saturated rings. The van der Waals surface area contributed by atoms with Crippen LogP contribution in [-0.2, 0) is 23.2 Å². The zero-order chi connectivity index (χ0) is 25.2. The Labute approximate surface area is 204 Å². The molecule has 1 aromatic carbocycles. The Hall–Kier alpha value is -3.75. The Morgan fingerprint density at radius 3 is 2.46 bits per heavy atom. The van der Waals surface area contributed by atoms with Crippen LogP contribution in [0, 0.1) is 11.7 Å². The lowest BCUT2D eigenvalue weighted by atomic mass is 9.92. The molecule has 184 valence electrons. The Morgan fingerprint density at radius 1 is 1.06 bits per heavy atom. The van der Waals surface area contributed by atoms with E-state index in [1.807, 2.05) is 10.7 Å². The molecule has 0 bridgehead atoms. The summed E-state index contributed by atoms with van der Waals surface area (Å²) >= 11 is 0. The first-order valence-electron chi connectivity index (χ1n) is 11.7. The van der Waals surface area contributed by atoms with Crippen molar-refractivity contribution in [1.29, 1.82) is 0 Å². The van der Waals surface area contributed by atoms with Crippen LogP contribution in [0.3, 0.4) is 0 Å². The molecular formula is C26H31FN6O2. The number of aromatic nitrogens is 3. The van der Waals surface area contributed by atoms with Crippen molar-refractivity contribution in [3.63, 3.8) is 0 Å². The third-order valence-corrected chi connectivity index (χ3v) is 5.74. The summed E-state index contributed by atoms with van der Waals surface area (Å²) in [7, 11) is 0. The van der Waals surface area contributed by atoms with Gasteiger partial charge in [0.15, 0.2) is 0 Å². The topological polar surface area (TPSA) is 101 Å². The van der Waals surface area contributed by atoms with E-state index < -0.39 is 11.8 Å². The lowest BCUT2D eigenvalue weighted by Gasteiger charge is -2.14. The second-order valence-electron chi connectivity index (χ2n) is 10.1. The summed E-state index contributed by atoms with van der Waals surface area (Å²) in [6, 6.07) is 9.60. The minimum atomic E-state index is -0.532. The van der Waals surface area contributed by atoms with E-state index in [2.05, 4.69) is 46.8 Å². The van der Waals surface area contributed by atoms with Crippen molar-refractivity contribution in [1.82, 2.24) is 14.8 Å². The number of anilines is 3. The zero-order valence-electron chi connectivity index (χ0n) is 20.5. The highest BCUT2D eigenvalue weighted by Gasteiger charge is 2.26. The standard InChI is InChI=1S/C26H31FN6O2/c1-16(34)29-23-13-19(9-10-28-23)11-18-7-8-21(20(27)12-18)30-25(35)31-24-14-22(26(2,3)4)32-33(24)15-17-5-6-17/h7-10,12-14,17H,5-6,11,15H2,1-4H3,(H,28,29,34)(H2,30,31,35). The van der Waals surface area contributed by atoms with Gasteiger partial charge in [-0.15, -0.1) is 0 Å². The van der Waals surface area contributed by atoms with E-state index in [-0.39, 0.29) is 17.0 Å². The lowest BCUT2D eigenvalue weighted by Crippen LogP contribution is -2.22. The quantitative estimate of drug-likeness (QED) is 0.428. The summed E-state index contributed by atoms with van der Waals surface area (Å²) in [5, 5.41) is 12.8. The molecule has 9 heteroatoms. The van der Waals surface area contributed by atoms with Crippen molar-refractivity contribution in [2.45, 2.75) is 58.9 Å². The molecule has 1 saturated carbocycles. The number of nitrogens with zero attached hydrogens (tertiary/aromatic N) is 3. The third-order valence-electron chi connectivity index (χ3n) is 5.74. The molecule has 8 nitrogen and oxygen atoms in total. The van der Waals surface area contributed by atoms with Crippen molar-refractivity contribution >= 4 is 29.3 Å². The van der Waals surface area contributed by atoms with Gasteiger partial charge in [-0.2, -0.15) is 5.10 Å². The molecule has 2 heterocycles. The summed E-state index contributed by atoms with van der Waals surface area (Å²) in [5.41, 5.74) is 2.43. The summed E-state index contributed by atoms with van der Waals surface area (Å²) in [5.74, 6) is 0.895. The number of hydrogen-bond donors (Lipinski definition) is 3. The average molecular weight is 479 g/mol. The predicted octanol–water partition coefficient (Wildman–Crippen LogP) is 5.32. The number of rotatable bonds is 7. The Bertz CT molecular complexity index is 1240. The van der Waals surface area contributed by atoms with Crippen molar-refractivity contribution in [2.75, 3.05) is 16.0 Å².